The number of rotatable bonds is 8. The predicted molar refractivity (Wildman–Crippen MR) is 90.9 cm³/mol. The fourth-order valence-corrected chi connectivity index (χ4v) is 2.73. The minimum absolute atomic E-state index is 0.132. The summed E-state index contributed by atoms with van der Waals surface area (Å²) in [7, 11) is 2.72. The van der Waals surface area contributed by atoms with Crippen LogP contribution in [-0.2, 0) is 30.6 Å². The second-order valence-corrected chi connectivity index (χ2v) is 5.65. The van der Waals surface area contributed by atoms with Gasteiger partial charge in [-0.25, -0.2) is 9.68 Å². The van der Waals surface area contributed by atoms with Crippen LogP contribution in [0.25, 0.3) is 0 Å². The first-order valence-electron chi connectivity index (χ1n) is 8.14. The van der Waals surface area contributed by atoms with E-state index >= 15 is 0 Å². The van der Waals surface area contributed by atoms with Crippen LogP contribution in [0, 0.1) is 0 Å². The minimum Gasteiger partial charge on any atom is -0.460 e. The topological polar surface area (TPSA) is 68.3 Å². The van der Waals surface area contributed by atoms with Gasteiger partial charge in [0.2, 0.25) is 0 Å². The predicted octanol–water partition coefficient (Wildman–Crippen LogP) is 1.70. The van der Waals surface area contributed by atoms with Gasteiger partial charge < -0.3 is 4.74 Å². The highest BCUT2D eigenvalue weighted by Crippen LogP contribution is 2.22. The fourth-order valence-electron chi connectivity index (χ4n) is 2.73. The highest BCUT2D eigenvalue weighted by molar-refractivity contribution is 5.94. The first kappa shape index (κ1) is 19.1. The van der Waals surface area contributed by atoms with Gasteiger partial charge in [-0.15, -0.1) is 0 Å². The summed E-state index contributed by atoms with van der Waals surface area (Å²) in [5, 5.41) is 0.836. The van der Waals surface area contributed by atoms with Gasteiger partial charge in [-0.3, -0.25) is 14.5 Å². The van der Waals surface area contributed by atoms with Crippen molar-refractivity contribution < 1.29 is 24.0 Å². The molecular formula is C18H24N2O5. The first-order valence-corrected chi connectivity index (χ1v) is 8.14. The lowest BCUT2D eigenvalue weighted by atomic mass is 10.1. The largest absolute Gasteiger partial charge is 0.460 e. The van der Waals surface area contributed by atoms with Crippen molar-refractivity contribution in [3.8, 4) is 0 Å². The van der Waals surface area contributed by atoms with E-state index in [0.717, 1.165) is 22.8 Å². The number of hydrogen-bond acceptors (Lipinski definition) is 6. The summed E-state index contributed by atoms with van der Waals surface area (Å²) in [6.45, 7) is 3.27. The molecule has 0 radical (unpaired) electrons. The molecule has 0 saturated carbocycles. The number of ether oxygens (including phenoxy) is 1. The Morgan fingerprint density at radius 1 is 1.12 bits per heavy atom. The van der Waals surface area contributed by atoms with Crippen molar-refractivity contribution in [2.75, 3.05) is 33.9 Å². The van der Waals surface area contributed by atoms with Crippen LogP contribution in [-0.4, -0.2) is 55.9 Å². The molecule has 7 nitrogen and oxygen atoms in total. The number of hydrogen-bond donors (Lipinski definition) is 0. The molecule has 0 saturated heterocycles. The monoisotopic (exact) mass is 348 g/mol. The molecule has 25 heavy (non-hydrogen) atoms. The highest BCUT2D eigenvalue weighted by Gasteiger charge is 2.30. The van der Waals surface area contributed by atoms with Crippen molar-refractivity contribution in [2.45, 2.75) is 20.0 Å². The van der Waals surface area contributed by atoms with Gasteiger partial charge >= 0.3 is 11.9 Å². The van der Waals surface area contributed by atoms with E-state index in [-0.39, 0.29) is 25.0 Å². The zero-order valence-electron chi connectivity index (χ0n) is 14.9. The van der Waals surface area contributed by atoms with Crippen LogP contribution in [0.4, 0.5) is 0 Å². The normalized spacial score (nSPS) is 14.7. The lowest BCUT2D eigenvalue weighted by Crippen LogP contribution is -2.34. The molecule has 2 rings (SSSR count). The van der Waals surface area contributed by atoms with Gasteiger partial charge in [0.1, 0.15) is 6.61 Å². The van der Waals surface area contributed by atoms with Gasteiger partial charge in [0.05, 0.1) is 20.8 Å². The fraction of sp³-hybridized carbons (Fsp3) is 0.444. The van der Waals surface area contributed by atoms with E-state index in [1.165, 1.54) is 14.2 Å². The number of carbonyl (C=O) groups is 2. The summed E-state index contributed by atoms with van der Waals surface area (Å²) < 4.78 is 5.30. The number of amides is 1. The molecule has 0 atom stereocenters. The average molecular weight is 348 g/mol. The summed E-state index contributed by atoms with van der Waals surface area (Å²) in [6.07, 6.45) is 0.720. The van der Waals surface area contributed by atoms with Crippen LogP contribution in [0.1, 0.15) is 18.9 Å². The van der Waals surface area contributed by atoms with E-state index in [9.17, 15) is 9.59 Å². The second-order valence-electron chi connectivity index (χ2n) is 5.65. The van der Waals surface area contributed by atoms with Crippen LogP contribution in [0.15, 0.2) is 41.5 Å². The molecule has 7 heteroatoms. The van der Waals surface area contributed by atoms with E-state index in [2.05, 4.69) is 0 Å². The summed E-state index contributed by atoms with van der Waals surface area (Å²) in [5.41, 5.74) is 2.51. The maximum absolute atomic E-state index is 12.4. The Labute approximate surface area is 147 Å². The summed E-state index contributed by atoms with van der Waals surface area (Å²) in [6, 6.07) is 9.52. The lowest BCUT2D eigenvalue weighted by molar-refractivity contribution is -0.314. The minimum atomic E-state index is -0.345. The molecule has 1 aromatic rings. The first-order chi connectivity index (χ1) is 12.1. The molecular weight excluding hydrogens is 324 g/mol. The van der Waals surface area contributed by atoms with E-state index in [1.807, 2.05) is 42.2 Å². The SMILES string of the molecule is CCC1=C(C(=O)N(OC)OC)CN(CC(=O)OCc2ccccc2)C1. The Hall–Kier alpha value is -2.22. The molecule has 0 fully saturated rings. The van der Waals surface area contributed by atoms with Crippen molar-refractivity contribution in [1.82, 2.24) is 10.1 Å². The molecule has 0 spiro atoms. The van der Waals surface area contributed by atoms with Gasteiger partial charge in [0.15, 0.2) is 0 Å². The van der Waals surface area contributed by atoms with Crippen LogP contribution in [0.5, 0.6) is 0 Å². The zero-order valence-corrected chi connectivity index (χ0v) is 14.9. The third-order valence-corrected chi connectivity index (χ3v) is 4.00. The van der Waals surface area contributed by atoms with E-state index in [1.54, 1.807) is 0 Å². The molecule has 136 valence electrons. The number of nitrogens with zero attached hydrogens (tertiary/aromatic N) is 2. The van der Waals surface area contributed by atoms with E-state index in [4.69, 9.17) is 14.4 Å². The summed E-state index contributed by atoms with van der Waals surface area (Å²) in [5.74, 6) is -0.662. The van der Waals surface area contributed by atoms with Crippen LogP contribution in [0.2, 0.25) is 0 Å². The summed E-state index contributed by atoms with van der Waals surface area (Å²) >= 11 is 0. The number of benzene rings is 1. The highest BCUT2D eigenvalue weighted by atomic mass is 16.9. The molecule has 0 bridgehead atoms. The van der Waals surface area contributed by atoms with Gasteiger partial charge in [0.25, 0.3) is 0 Å². The van der Waals surface area contributed by atoms with Crippen molar-refractivity contribution in [1.29, 1.82) is 0 Å². The molecule has 1 aliphatic heterocycles. The molecule has 1 aliphatic rings. The molecule has 1 heterocycles. The average Bonchev–Trinajstić information content (AvgIpc) is 3.04. The maximum atomic E-state index is 12.4. The third-order valence-electron chi connectivity index (χ3n) is 4.00. The van der Waals surface area contributed by atoms with Gasteiger partial charge in [0, 0.05) is 18.7 Å². The van der Waals surface area contributed by atoms with Crippen LogP contribution >= 0.6 is 0 Å². The molecule has 1 aromatic carbocycles. The number of esters is 1. The van der Waals surface area contributed by atoms with E-state index in [0.29, 0.717) is 18.7 Å². The lowest BCUT2D eigenvalue weighted by Gasteiger charge is -2.18. The molecule has 0 N–H and O–H groups in total. The number of hydroxylamine groups is 2. The quantitative estimate of drug-likeness (QED) is 0.526. The molecule has 0 unspecified atom stereocenters. The van der Waals surface area contributed by atoms with Gasteiger partial charge in [-0.1, -0.05) is 42.5 Å². The van der Waals surface area contributed by atoms with E-state index < -0.39 is 0 Å². The van der Waals surface area contributed by atoms with Gasteiger partial charge in [-0.2, -0.15) is 0 Å². The Balaban J connectivity index is 1.88. The summed E-state index contributed by atoms with van der Waals surface area (Å²) in [4.78, 5) is 36.1. The van der Waals surface area contributed by atoms with Crippen molar-refractivity contribution in [2.24, 2.45) is 0 Å². The second kappa shape index (κ2) is 9.31. The zero-order chi connectivity index (χ0) is 18.2. The Kier molecular flexibility index (Phi) is 7.12. The Morgan fingerprint density at radius 3 is 2.40 bits per heavy atom. The third kappa shape index (κ3) is 5.12. The number of carbonyl (C=O) groups excluding carboxylic acids is 2. The van der Waals surface area contributed by atoms with Crippen molar-refractivity contribution in [3.63, 3.8) is 0 Å². The van der Waals surface area contributed by atoms with Gasteiger partial charge in [-0.05, 0) is 17.6 Å². The molecule has 1 amide bonds. The maximum Gasteiger partial charge on any atom is 0.320 e. The standard InChI is InChI=1S/C18H24N2O5/c1-4-15-10-19(11-16(15)18(22)20(23-2)24-3)12-17(21)25-13-14-8-6-5-7-9-14/h5-9H,4,10-13H2,1-3H3. The van der Waals surface area contributed by atoms with Crippen molar-refractivity contribution in [3.05, 3.63) is 47.0 Å². The van der Waals surface area contributed by atoms with Crippen LogP contribution < -0.4 is 0 Å². The van der Waals surface area contributed by atoms with Crippen molar-refractivity contribution >= 4 is 11.9 Å². The molecule has 0 aromatic heterocycles. The smallest absolute Gasteiger partial charge is 0.320 e. The van der Waals surface area contributed by atoms with Crippen LogP contribution in [0.3, 0.4) is 0 Å². The molecule has 0 aliphatic carbocycles. The Morgan fingerprint density at radius 2 is 1.80 bits per heavy atom. The Bertz CT molecular complexity index is 626.